The first-order valence-corrected chi connectivity index (χ1v) is 30.6. The van der Waals surface area contributed by atoms with Gasteiger partial charge in [0.1, 0.15) is 32.0 Å². The number of methoxy groups -OCH3 is 2. The Morgan fingerprint density at radius 1 is 0.704 bits per heavy atom. The molecule has 6 aliphatic rings. The zero-order valence-corrected chi connectivity index (χ0v) is 49.3. The molecule has 6 heterocycles. The topological polar surface area (TPSA) is 218 Å². The lowest BCUT2D eigenvalue weighted by Crippen LogP contribution is -2.53. The first-order chi connectivity index (χ1) is 39.1. The number of amides is 1. The molecule has 1 amide bonds. The van der Waals surface area contributed by atoms with E-state index in [0.717, 1.165) is 115 Å². The van der Waals surface area contributed by atoms with Gasteiger partial charge in [0.25, 0.3) is 16.7 Å². The number of carbonyl (C=O) groups excluding carboxylic acids is 1. The lowest BCUT2D eigenvalue weighted by molar-refractivity contribution is -0.130. The van der Waals surface area contributed by atoms with E-state index in [2.05, 4.69) is 20.9 Å². The molecule has 3 unspecified atom stereocenters. The molecule has 6 aromatic heterocycles. The van der Waals surface area contributed by atoms with E-state index in [1.54, 1.807) is 48.6 Å². The van der Waals surface area contributed by atoms with Crippen LogP contribution in [0.3, 0.4) is 0 Å². The smallest absolute Gasteiger partial charge is 0.271 e. The summed E-state index contributed by atoms with van der Waals surface area (Å²) in [6.45, 7) is 4.30. The highest BCUT2D eigenvalue weighted by atomic mass is 35.5. The van der Waals surface area contributed by atoms with E-state index >= 15 is 0 Å². The second-order valence-electron chi connectivity index (χ2n) is 24.6. The van der Waals surface area contributed by atoms with Gasteiger partial charge < -0.3 is 30.3 Å². The van der Waals surface area contributed by atoms with Crippen molar-refractivity contribution in [3.63, 3.8) is 0 Å². The Balaban J connectivity index is 0.885. The van der Waals surface area contributed by atoms with Crippen LogP contribution < -0.4 is 32.6 Å². The predicted octanol–water partition coefficient (Wildman–Crippen LogP) is 10.6. The number of hydrogen-bond acceptors (Lipinski definition) is 15. The van der Waals surface area contributed by atoms with Gasteiger partial charge in [0.2, 0.25) is 23.8 Å². The monoisotopic (exact) mass is 1170 g/mol. The first kappa shape index (κ1) is 56.0. The van der Waals surface area contributed by atoms with Crippen LogP contribution in [0.15, 0.2) is 38.9 Å². The Hall–Kier alpha value is -5.47. The minimum atomic E-state index is -0.551. The minimum Gasteiger partial charge on any atom is -0.384 e. The Morgan fingerprint density at radius 3 is 2.00 bits per heavy atom. The standard InChI is InChI=1S/C59H74Cl3N13O6/c1-31(73-50-35(22-45(60)53(73)77)28-63-56(69-50)65-36-11-16-39(17-12-36)72(3)32(2)76)20-47-43-23-46(61)54(78)75(51(43)71-58(68-47)67-38-26-59(27-38)24-33(25-59)30-80-4)41-15-10-34(21-41)48-44-29-64-57(66-37-13-18-42(81-5)19-14-37)70-52(44)74(55(79)49(48)62)40-8-6-7-9-40/h22-23,28-29,31,33-34,36-42H,6-21,24-27,30H2,1-5H3,(H,63,65,69)(H,64,66,70)(H,67,68,71). The van der Waals surface area contributed by atoms with Gasteiger partial charge >= 0.3 is 0 Å². The number of carbonyl (C=O) groups is 1. The van der Waals surface area contributed by atoms with E-state index in [9.17, 15) is 19.2 Å². The van der Waals surface area contributed by atoms with Crippen LogP contribution in [0.5, 0.6) is 0 Å². The Kier molecular flexibility index (Phi) is 15.9. The first-order valence-electron chi connectivity index (χ1n) is 29.4. The molecular formula is C59H74Cl3N13O6. The predicted molar refractivity (Wildman–Crippen MR) is 316 cm³/mol. The molecule has 432 valence electrons. The molecule has 0 saturated heterocycles. The third kappa shape index (κ3) is 10.9. The molecular weight excluding hydrogens is 1090 g/mol. The number of anilines is 3. The largest absolute Gasteiger partial charge is 0.384 e. The van der Waals surface area contributed by atoms with Gasteiger partial charge in [-0.2, -0.15) is 15.0 Å². The van der Waals surface area contributed by atoms with Crippen LogP contribution in [0.1, 0.15) is 171 Å². The Bertz CT molecular complexity index is 3560. The van der Waals surface area contributed by atoms with Crippen LogP contribution >= 0.6 is 34.8 Å². The van der Waals surface area contributed by atoms with Crippen molar-refractivity contribution in [3.8, 4) is 0 Å². The van der Waals surface area contributed by atoms with Crippen molar-refractivity contribution in [2.75, 3.05) is 43.8 Å². The summed E-state index contributed by atoms with van der Waals surface area (Å²) in [4.78, 5) is 87.7. The van der Waals surface area contributed by atoms with E-state index in [0.29, 0.717) is 82.0 Å². The fraction of sp³-hybridized carbons (Fsp3) is 0.627. The van der Waals surface area contributed by atoms with Gasteiger partial charge in [-0.3, -0.25) is 32.9 Å². The van der Waals surface area contributed by atoms with Crippen LogP contribution in [0.4, 0.5) is 17.8 Å². The summed E-state index contributed by atoms with van der Waals surface area (Å²) in [5.74, 6) is 1.68. The van der Waals surface area contributed by atoms with E-state index in [1.807, 2.05) is 29.6 Å². The average Bonchev–Trinajstić information content (AvgIpc) is 4.25. The molecule has 1 spiro atoms. The van der Waals surface area contributed by atoms with Crippen molar-refractivity contribution in [2.24, 2.45) is 11.3 Å². The Morgan fingerprint density at radius 2 is 1.32 bits per heavy atom. The second kappa shape index (κ2) is 22.9. The summed E-state index contributed by atoms with van der Waals surface area (Å²) in [6, 6.07) is 2.89. The summed E-state index contributed by atoms with van der Waals surface area (Å²) in [6.07, 6.45) is 20.8. The van der Waals surface area contributed by atoms with E-state index in [1.165, 1.54) is 0 Å². The zero-order chi connectivity index (χ0) is 56.4. The van der Waals surface area contributed by atoms with Crippen molar-refractivity contribution >= 4 is 91.7 Å². The fourth-order valence-corrected chi connectivity index (χ4v) is 15.9. The highest BCUT2D eigenvalue weighted by Crippen LogP contribution is 2.59. The number of nitrogens with zero attached hydrogens (tertiary/aromatic N) is 10. The molecule has 3 N–H and O–H groups in total. The summed E-state index contributed by atoms with van der Waals surface area (Å²) in [7, 11) is 5.38. The van der Waals surface area contributed by atoms with Crippen molar-refractivity contribution < 1.29 is 14.3 Å². The second-order valence-corrected chi connectivity index (χ2v) is 25.8. The molecule has 0 aromatic carbocycles. The minimum absolute atomic E-state index is 0.0169. The molecule has 0 bridgehead atoms. The maximum Gasteiger partial charge on any atom is 0.271 e. The molecule has 6 saturated carbocycles. The lowest BCUT2D eigenvalue weighted by atomic mass is 9.50. The highest BCUT2D eigenvalue weighted by molar-refractivity contribution is 6.32. The van der Waals surface area contributed by atoms with Gasteiger partial charge in [0.15, 0.2) is 0 Å². The van der Waals surface area contributed by atoms with Crippen LogP contribution in [0.2, 0.25) is 15.1 Å². The maximum atomic E-state index is 14.8. The molecule has 12 rings (SSSR count). The summed E-state index contributed by atoms with van der Waals surface area (Å²) in [5.41, 5.74) is 1.98. The summed E-state index contributed by atoms with van der Waals surface area (Å²) in [5, 5.41) is 12.9. The number of aromatic nitrogens is 9. The van der Waals surface area contributed by atoms with Crippen molar-refractivity contribution in [1.29, 1.82) is 0 Å². The van der Waals surface area contributed by atoms with Gasteiger partial charge in [0.05, 0.1) is 11.8 Å². The molecule has 6 aromatic rings. The van der Waals surface area contributed by atoms with E-state index in [4.69, 9.17) is 69.2 Å². The van der Waals surface area contributed by atoms with Gasteiger partial charge in [-0.25, -0.2) is 15.0 Å². The van der Waals surface area contributed by atoms with Crippen molar-refractivity contribution in [2.45, 2.75) is 197 Å². The molecule has 3 atom stereocenters. The Labute approximate surface area is 485 Å². The third-order valence-electron chi connectivity index (χ3n) is 19.3. The maximum absolute atomic E-state index is 14.8. The van der Waals surface area contributed by atoms with Crippen LogP contribution in [0, 0.1) is 11.3 Å². The summed E-state index contributed by atoms with van der Waals surface area (Å²) >= 11 is 21.1. The number of pyridine rings is 3. The molecule has 6 aliphatic carbocycles. The molecule has 81 heavy (non-hydrogen) atoms. The fourth-order valence-electron chi connectivity index (χ4n) is 15.1. The number of nitrogens with one attached hydrogen (secondary N) is 3. The zero-order valence-electron chi connectivity index (χ0n) is 47.0. The molecule has 19 nitrogen and oxygen atoms in total. The van der Waals surface area contributed by atoms with Crippen molar-refractivity contribution in [3.05, 3.63) is 81.9 Å². The number of rotatable bonds is 16. The van der Waals surface area contributed by atoms with Gasteiger partial charge in [0, 0.05) is 112 Å². The molecule has 0 aliphatic heterocycles. The number of halogens is 3. The number of hydrogen-bond donors (Lipinski definition) is 3. The number of fused-ring (bicyclic) bond motifs is 3. The molecule has 0 radical (unpaired) electrons. The molecule has 22 heteroatoms. The van der Waals surface area contributed by atoms with Gasteiger partial charge in [-0.05, 0) is 151 Å². The highest BCUT2D eigenvalue weighted by Gasteiger charge is 2.53. The number of ether oxygens (including phenoxy) is 2. The molecule has 6 fully saturated rings. The van der Waals surface area contributed by atoms with Gasteiger partial charge in [-0.15, -0.1) is 0 Å². The van der Waals surface area contributed by atoms with Crippen LogP contribution in [-0.4, -0.2) is 113 Å². The normalized spacial score (nSPS) is 27.2. The van der Waals surface area contributed by atoms with Crippen LogP contribution in [-0.2, 0) is 20.7 Å². The van der Waals surface area contributed by atoms with Crippen molar-refractivity contribution in [1.82, 2.24) is 48.5 Å². The van der Waals surface area contributed by atoms with E-state index in [-0.39, 0.29) is 92.2 Å². The third-order valence-corrected chi connectivity index (χ3v) is 20.2. The SMILES string of the molecule is COCC1CC2(C1)CC(Nc1nc(CC(C)n3c(=O)c(Cl)cc4cnc(NC5CCC(N(C)C(C)=O)CC5)nc43)c3cc(Cl)c(=O)n(C4CCC(c5c(Cl)c(=O)n(C6CCCC6)c6nc(NC7CCC(OC)CC7)ncc56)C4)c3n1)C2. The quantitative estimate of drug-likeness (QED) is 0.0821. The van der Waals surface area contributed by atoms with Gasteiger partial charge in [-0.1, -0.05) is 47.6 Å². The van der Waals surface area contributed by atoms with E-state index < -0.39 is 11.6 Å². The summed E-state index contributed by atoms with van der Waals surface area (Å²) < 4.78 is 16.3. The lowest BCUT2D eigenvalue weighted by Gasteiger charge is -2.57. The van der Waals surface area contributed by atoms with Crippen LogP contribution in [0.25, 0.3) is 33.1 Å². The average molecular weight is 1170 g/mol.